The number of carbonyl (C=O) groups excluding carboxylic acids is 3. The minimum atomic E-state index is -0.125. The monoisotopic (exact) mass is 2240 g/mol. The molecule has 0 fully saturated rings. The topological polar surface area (TPSA) is 151 Å². The molecule has 14 heteroatoms. The predicted molar refractivity (Wildman–Crippen MR) is 531 cm³/mol. The van der Waals surface area contributed by atoms with Crippen molar-refractivity contribution in [2.24, 2.45) is 0 Å². The molecule has 0 saturated carbocycles. The number of aryl methyl sites for hydroxylation is 12. The molecule has 0 radical (unpaired) electrons. The Balaban J connectivity index is 0.000000306. The van der Waals surface area contributed by atoms with Gasteiger partial charge in [-0.25, -0.2) is 0 Å². The summed E-state index contributed by atoms with van der Waals surface area (Å²) >= 11 is 0. The van der Waals surface area contributed by atoms with Crippen molar-refractivity contribution in [3.8, 4) is 67.2 Å². The van der Waals surface area contributed by atoms with Crippen LogP contribution in [-0.4, -0.2) is 61.0 Å². The zero-order valence-corrected chi connectivity index (χ0v) is 86.6. The van der Waals surface area contributed by atoms with Gasteiger partial charge in [-0.1, -0.05) is 348 Å². The Kier molecular flexibility index (Phi) is 41.1. The number of nitrogens with zero attached hydrogens (tertiary/aromatic N) is 3. The second kappa shape index (κ2) is 48.8. The first-order chi connectivity index (χ1) is 58.8. The van der Waals surface area contributed by atoms with Crippen LogP contribution < -0.4 is 32.8 Å². The van der Waals surface area contributed by atoms with Crippen molar-refractivity contribution in [1.29, 1.82) is 0 Å². The van der Waals surface area contributed by atoms with Crippen LogP contribution in [0.1, 0.15) is 187 Å². The average Bonchev–Trinajstić information content (AvgIpc) is 0.767. The van der Waals surface area contributed by atoms with Crippen LogP contribution in [0.5, 0.6) is 0 Å². The van der Waals surface area contributed by atoms with E-state index in [1.807, 2.05) is 12.3 Å². The van der Waals surface area contributed by atoms with E-state index in [4.69, 9.17) is 25.3 Å². The molecular formula is C114H126B2N3O6Pt3-3. The van der Waals surface area contributed by atoms with E-state index in [1.54, 1.807) is 0 Å². The molecule has 0 saturated heterocycles. The Labute approximate surface area is 809 Å². The maximum absolute atomic E-state index is 10.0. The van der Waals surface area contributed by atoms with Crippen molar-refractivity contribution < 1.29 is 92.9 Å². The van der Waals surface area contributed by atoms with E-state index in [2.05, 4.69) is 393 Å². The molecule has 3 aromatic heterocycles. The third-order valence-electron chi connectivity index (χ3n) is 21.8. The second-order valence-corrected chi connectivity index (χ2v) is 36.4. The van der Waals surface area contributed by atoms with Crippen LogP contribution >= 0.6 is 0 Å². The normalized spacial score (nSPS) is 11.2. The molecule has 0 atom stereocenters. The fourth-order valence-electron chi connectivity index (χ4n) is 16.2. The van der Waals surface area contributed by atoms with Gasteiger partial charge in [-0.05, 0) is 180 Å². The number of pyridine rings is 3. The molecule has 0 aliphatic rings. The smallest absolute Gasteiger partial charge is 0.244 e. The Morgan fingerprint density at radius 1 is 0.289 bits per heavy atom. The van der Waals surface area contributed by atoms with Gasteiger partial charge in [0.05, 0.1) is 17.3 Å². The van der Waals surface area contributed by atoms with E-state index >= 15 is 0 Å². The molecule has 3 heterocycles. The summed E-state index contributed by atoms with van der Waals surface area (Å²) in [5.41, 5.74) is 41.2. The molecule has 0 amide bonds. The average molecular weight is 2240 g/mol. The summed E-state index contributed by atoms with van der Waals surface area (Å²) in [5.74, 6) is -0.187. The molecular weight excluding hydrogens is 2110 g/mol. The van der Waals surface area contributed by atoms with E-state index in [0.717, 1.165) is 44.9 Å². The van der Waals surface area contributed by atoms with Gasteiger partial charge in [-0.15, -0.1) is 95.1 Å². The van der Waals surface area contributed by atoms with Crippen molar-refractivity contribution in [2.75, 3.05) is 0 Å². The van der Waals surface area contributed by atoms with Gasteiger partial charge >= 0.3 is 0 Å². The Hall–Kier alpha value is -10.5. The van der Waals surface area contributed by atoms with Gasteiger partial charge < -0.3 is 30.3 Å². The molecule has 10 aromatic carbocycles. The van der Waals surface area contributed by atoms with Crippen molar-refractivity contribution >= 4 is 63.6 Å². The summed E-state index contributed by atoms with van der Waals surface area (Å²) in [4.78, 5) is 44.6. The van der Waals surface area contributed by atoms with Crippen LogP contribution in [0, 0.1) is 101 Å². The summed E-state index contributed by atoms with van der Waals surface area (Å²) in [5, 5.41) is 25.1. The maximum Gasteiger partial charge on any atom is 0.244 e. The Morgan fingerprint density at radius 3 is 0.750 bits per heavy atom. The number of aliphatic hydroxyl groups is 3. The first-order valence-corrected chi connectivity index (χ1v) is 42.9. The molecule has 0 aliphatic carbocycles. The zero-order valence-electron chi connectivity index (χ0n) is 79.8. The molecule has 0 spiro atoms. The summed E-state index contributed by atoms with van der Waals surface area (Å²) in [6.45, 7) is 55.6. The van der Waals surface area contributed by atoms with Crippen LogP contribution in [0.3, 0.4) is 0 Å². The second-order valence-electron chi connectivity index (χ2n) is 36.4. The number of carbonyl (C=O) groups is 3. The SMILES string of the molecule is CC(=O)C=C(C)O.CC(=O)C=C(C)O.CC(=O)C=C(C)O.CC(C)(C)c1c[c-]c(-c2ccc(-c3ccc(C(C)(C)C)cc3)cn2)cc1.Cc1cc(C)c(B(c2ccc(-c3[c-]cc(-c4ccc(C(C)(C)C)cc4)cc3)nc2)c2c(C)cc(C)cc2C)c(C)c1.Cc1cc(C)c(B(c2ccc(-c3[c-]cc(-c4ccccc4)cc3)nc2)c2c(C)cc(C)cc2C)c(C)c1.[Pt].[Pt].[Pt]. The molecule has 0 bridgehead atoms. The van der Waals surface area contributed by atoms with E-state index in [1.165, 1.54) is 198 Å². The van der Waals surface area contributed by atoms with Crippen LogP contribution in [0.25, 0.3) is 67.2 Å². The first-order valence-electron chi connectivity index (χ1n) is 42.9. The van der Waals surface area contributed by atoms with Gasteiger partial charge in [0.1, 0.15) is 0 Å². The van der Waals surface area contributed by atoms with Crippen LogP contribution in [0.4, 0.5) is 0 Å². The predicted octanol–water partition coefficient (Wildman–Crippen LogP) is 24.4. The summed E-state index contributed by atoms with van der Waals surface area (Å²) in [7, 11) is 0. The fourth-order valence-corrected chi connectivity index (χ4v) is 16.2. The van der Waals surface area contributed by atoms with Gasteiger partial charge in [0.15, 0.2) is 17.3 Å². The van der Waals surface area contributed by atoms with Gasteiger partial charge in [0.25, 0.3) is 0 Å². The molecule has 0 aliphatic heterocycles. The standard InChI is InChI=1S/C39H41BN.C35H33BN.C25H28N.3C5H8O2.3Pt/c1-25-20-27(3)37(28(4)21-25)40(38-29(5)22-26(2)23-30(38)6)35-18-19-36(41-24-35)33-12-10-31(11-13-33)32-14-16-34(17-15-32)39(7,8)9;1-23-18-25(3)34(26(4)19-23)36(35-27(5)20-24(2)21-28(35)6)32-16-17-33(37-22-32)31-14-12-30(13-15-31)29-10-8-7-9-11-29;1-24(2,3)21-12-7-18(8-13-21)20-11-16-23(26-17-20)19-9-14-22(15-10-19)25(4,5)6;3*1-4(6)3-5(2)7;;;/h10-12,14-24H,1-9H3;7-14,16-22H,1-6H3;7-9,11-17H,1-6H3;3*3,6H,1-2H3;;;/q3*-1;;;;;;. The van der Waals surface area contributed by atoms with Gasteiger partial charge in [-0.2, -0.15) is 0 Å². The van der Waals surface area contributed by atoms with E-state index < -0.39 is 0 Å². The Bertz CT molecular complexity index is 5600. The summed E-state index contributed by atoms with van der Waals surface area (Å²) in [6.07, 6.45) is 9.59. The number of benzene rings is 10. The van der Waals surface area contributed by atoms with Crippen molar-refractivity contribution in [2.45, 2.75) is 203 Å². The minimum absolute atomic E-state index is 0. The van der Waals surface area contributed by atoms with Crippen LogP contribution in [0.15, 0.2) is 272 Å². The number of aromatic nitrogens is 3. The van der Waals surface area contributed by atoms with Gasteiger partial charge in [-0.3, -0.25) is 14.4 Å². The minimum Gasteiger partial charge on any atom is -0.512 e. The molecule has 3 N–H and O–H groups in total. The first kappa shape index (κ1) is 108. The molecule has 128 heavy (non-hydrogen) atoms. The van der Waals surface area contributed by atoms with E-state index in [-0.39, 0.29) is 127 Å². The summed E-state index contributed by atoms with van der Waals surface area (Å²) in [6, 6.07) is 89.0. The largest absolute Gasteiger partial charge is 0.512 e. The third-order valence-corrected chi connectivity index (χ3v) is 21.8. The van der Waals surface area contributed by atoms with Gasteiger partial charge in [0.2, 0.25) is 13.4 Å². The zero-order chi connectivity index (χ0) is 92.1. The molecule has 9 nitrogen and oxygen atoms in total. The maximum atomic E-state index is 10.0. The van der Waals surface area contributed by atoms with E-state index in [9.17, 15) is 14.4 Å². The summed E-state index contributed by atoms with van der Waals surface area (Å²) < 4.78 is 0. The molecule has 0 unspecified atom stereocenters. The molecule has 13 aromatic rings. The number of hydrogen-bond donors (Lipinski definition) is 3. The van der Waals surface area contributed by atoms with Crippen molar-refractivity contribution in [1.82, 2.24) is 15.0 Å². The Morgan fingerprint density at radius 2 is 0.531 bits per heavy atom. The third kappa shape index (κ3) is 31.4. The van der Waals surface area contributed by atoms with E-state index in [0.29, 0.717) is 0 Å². The molecule has 13 rings (SSSR count). The van der Waals surface area contributed by atoms with Crippen LogP contribution in [0.2, 0.25) is 0 Å². The number of hydrogen-bond acceptors (Lipinski definition) is 9. The van der Waals surface area contributed by atoms with Crippen LogP contribution in [-0.2, 0) is 93.8 Å². The van der Waals surface area contributed by atoms with Gasteiger partial charge in [0, 0.05) is 100 Å². The fraction of sp³-hybridized carbons (Fsp3) is 0.263. The number of ketones is 3. The number of aliphatic hydroxyl groups excluding tert-OH is 3. The number of rotatable bonds is 15. The molecule has 672 valence electrons. The quantitative estimate of drug-likeness (QED) is 0.0394. The van der Waals surface area contributed by atoms with Crippen molar-refractivity contribution in [3.63, 3.8) is 0 Å². The number of allylic oxidation sites excluding steroid dienone is 6. The van der Waals surface area contributed by atoms with Crippen molar-refractivity contribution in [3.05, 3.63) is 374 Å².